The number of benzene rings is 1. The lowest BCUT2D eigenvalue weighted by Gasteiger charge is -2.16. The number of nitrogens with one attached hydrogen (secondary N) is 2. The van der Waals surface area contributed by atoms with Crippen molar-refractivity contribution in [1.82, 2.24) is 20.3 Å². The van der Waals surface area contributed by atoms with Crippen LogP contribution in [0.5, 0.6) is 0 Å². The first-order chi connectivity index (χ1) is 13.7. The van der Waals surface area contributed by atoms with Crippen LogP contribution in [0.3, 0.4) is 0 Å². The zero-order valence-electron chi connectivity index (χ0n) is 16.6. The molecule has 10 heteroatoms. The van der Waals surface area contributed by atoms with Gasteiger partial charge in [0.2, 0.25) is 15.9 Å². The number of hydrogen-bond donors (Lipinski definition) is 2. The fraction of sp³-hybridized carbons (Fsp3) is 0.421. The van der Waals surface area contributed by atoms with Crippen molar-refractivity contribution in [2.45, 2.75) is 44.4 Å². The van der Waals surface area contributed by atoms with Gasteiger partial charge in [0, 0.05) is 24.2 Å². The summed E-state index contributed by atoms with van der Waals surface area (Å²) in [7, 11) is -3.53. The van der Waals surface area contributed by atoms with E-state index in [0.29, 0.717) is 30.1 Å². The van der Waals surface area contributed by atoms with Crippen LogP contribution in [0, 0.1) is 13.8 Å². The number of nitrogens with zero attached hydrogens (tertiary/aromatic N) is 2. The van der Waals surface area contributed by atoms with Crippen molar-refractivity contribution < 1.29 is 22.5 Å². The maximum absolute atomic E-state index is 12.5. The topological polar surface area (TPSA) is 122 Å². The van der Waals surface area contributed by atoms with E-state index in [1.165, 1.54) is 28.6 Å². The molecule has 2 heterocycles. The predicted molar refractivity (Wildman–Crippen MR) is 104 cm³/mol. The molecule has 0 radical (unpaired) electrons. The number of carbonyl (C=O) groups is 2. The summed E-state index contributed by atoms with van der Waals surface area (Å²) in [5.41, 5.74) is 6.25. The maximum Gasteiger partial charge on any atom is 0.269 e. The second-order valence-corrected chi connectivity index (χ2v) is 8.98. The number of sulfonamides is 1. The summed E-state index contributed by atoms with van der Waals surface area (Å²) in [6.45, 7) is 6.17. The third-order valence-electron chi connectivity index (χ3n) is 5.03. The van der Waals surface area contributed by atoms with Crippen molar-refractivity contribution in [3.63, 3.8) is 0 Å². The molecule has 1 aromatic heterocycles. The molecule has 0 saturated carbocycles. The van der Waals surface area contributed by atoms with E-state index in [-0.39, 0.29) is 10.5 Å². The van der Waals surface area contributed by atoms with Gasteiger partial charge in [-0.25, -0.2) is 8.42 Å². The minimum absolute atomic E-state index is 0.145. The Morgan fingerprint density at radius 3 is 2.28 bits per heavy atom. The predicted octanol–water partition coefficient (Wildman–Crippen LogP) is 1.64. The summed E-state index contributed by atoms with van der Waals surface area (Å²) in [4.78, 5) is 24.8. The van der Waals surface area contributed by atoms with Crippen molar-refractivity contribution >= 4 is 21.8 Å². The van der Waals surface area contributed by atoms with Gasteiger partial charge < -0.3 is 4.52 Å². The van der Waals surface area contributed by atoms with Gasteiger partial charge in [-0.3, -0.25) is 20.4 Å². The van der Waals surface area contributed by atoms with Gasteiger partial charge in [0.1, 0.15) is 5.76 Å². The number of rotatable bonds is 5. The lowest BCUT2D eigenvalue weighted by molar-refractivity contribution is -0.123. The van der Waals surface area contributed by atoms with E-state index in [1.54, 1.807) is 20.8 Å². The number of amides is 2. The summed E-state index contributed by atoms with van der Waals surface area (Å²) in [6, 6.07) is 5.64. The molecule has 0 spiro atoms. The summed E-state index contributed by atoms with van der Waals surface area (Å²) in [6.07, 6.45) is 1.71. The number of hydrazine groups is 1. The Kier molecular flexibility index (Phi) is 6.04. The van der Waals surface area contributed by atoms with Crippen LogP contribution in [-0.2, 0) is 14.8 Å². The highest BCUT2D eigenvalue weighted by Crippen LogP contribution is 2.23. The number of carbonyl (C=O) groups excluding carboxylic acids is 2. The van der Waals surface area contributed by atoms with E-state index in [2.05, 4.69) is 16.0 Å². The zero-order chi connectivity index (χ0) is 21.2. The van der Waals surface area contributed by atoms with Crippen LogP contribution < -0.4 is 10.9 Å². The largest absolute Gasteiger partial charge is 0.361 e. The van der Waals surface area contributed by atoms with Crippen molar-refractivity contribution in [3.8, 4) is 0 Å². The SMILES string of the molecule is Cc1noc(C)c1C(C)C(=O)NNC(=O)c1ccc(S(=O)(=O)N2CCCC2)cc1. The Hall–Kier alpha value is -2.72. The highest BCUT2D eigenvalue weighted by molar-refractivity contribution is 7.89. The average molecular weight is 420 g/mol. The first-order valence-corrected chi connectivity index (χ1v) is 10.8. The van der Waals surface area contributed by atoms with Gasteiger partial charge in [-0.05, 0) is 57.9 Å². The summed E-state index contributed by atoms with van der Waals surface area (Å²) in [5.74, 6) is -0.976. The van der Waals surface area contributed by atoms with Crippen LogP contribution in [0.25, 0.3) is 0 Å². The third-order valence-corrected chi connectivity index (χ3v) is 6.95. The van der Waals surface area contributed by atoms with Gasteiger partial charge in [0.05, 0.1) is 16.5 Å². The zero-order valence-corrected chi connectivity index (χ0v) is 17.4. The molecule has 3 rings (SSSR count). The van der Waals surface area contributed by atoms with Crippen molar-refractivity contribution in [1.29, 1.82) is 0 Å². The smallest absolute Gasteiger partial charge is 0.269 e. The van der Waals surface area contributed by atoms with Crippen LogP contribution in [0.4, 0.5) is 0 Å². The fourth-order valence-electron chi connectivity index (χ4n) is 3.39. The molecule has 29 heavy (non-hydrogen) atoms. The Morgan fingerprint density at radius 2 is 1.72 bits per heavy atom. The Morgan fingerprint density at radius 1 is 1.10 bits per heavy atom. The van der Waals surface area contributed by atoms with Crippen LogP contribution in [0.2, 0.25) is 0 Å². The second-order valence-electron chi connectivity index (χ2n) is 7.04. The monoisotopic (exact) mass is 420 g/mol. The Bertz CT molecular complexity index is 988. The molecular formula is C19H24N4O5S. The van der Waals surface area contributed by atoms with E-state index in [1.807, 2.05) is 0 Å². The van der Waals surface area contributed by atoms with E-state index in [9.17, 15) is 18.0 Å². The Balaban J connectivity index is 1.62. The molecule has 0 bridgehead atoms. The van der Waals surface area contributed by atoms with Crippen LogP contribution in [0.1, 0.15) is 53.1 Å². The quantitative estimate of drug-likeness (QED) is 0.709. The van der Waals surface area contributed by atoms with Gasteiger partial charge in [-0.1, -0.05) is 5.16 Å². The van der Waals surface area contributed by atoms with E-state index in [4.69, 9.17) is 4.52 Å². The van der Waals surface area contributed by atoms with Gasteiger partial charge >= 0.3 is 0 Å². The number of aryl methyl sites for hydroxylation is 2. The molecule has 9 nitrogen and oxygen atoms in total. The summed E-state index contributed by atoms with van der Waals surface area (Å²) < 4.78 is 31.6. The fourth-order valence-corrected chi connectivity index (χ4v) is 4.91. The van der Waals surface area contributed by atoms with E-state index in [0.717, 1.165) is 12.8 Å². The standard InChI is InChI=1S/C19H24N4O5S/c1-12(17-13(2)22-28-14(17)3)18(24)20-21-19(25)15-6-8-16(9-7-15)29(26,27)23-10-4-5-11-23/h6-9,12H,4-5,10-11H2,1-3H3,(H,20,24)(H,21,25). The molecule has 1 saturated heterocycles. The molecule has 1 aliphatic rings. The average Bonchev–Trinajstić information content (AvgIpc) is 3.36. The molecule has 1 fully saturated rings. The first-order valence-electron chi connectivity index (χ1n) is 9.35. The molecule has 2 aromatic rings. The molecular weight excluding hydrogens is 396 g/mol. The van der Waals surface area contributed by atoms with Gasteiger partial charge in [-0.2, -0.15) is 4.31 Å². The molecule has 1 aromatic carbocycles. The normalized spacial score (nSPS) is 15.8. The minimum atomic E-state index is -3.53. The van der Waals surface area contributed by atoms with E-state index < -0.39 is 27.8 Å². The molecule has 1 aliphatic heterocycles. The molecule has 0 aliphatic carbocycles. The lowest BCUT2D eigenvalue weighted by Crippen LogP contribution is -2.43. The third kappa shape index (κ3) is 4.33. The first kappa shape index (κ1) is 21.0. The van der Waals surface area contributed by atoms with Crippen molar-refractivity contribution in [3.05, 3.63) is 46.8 Å². The highest BCUT2D eigenvalue weighted by atomic mass is 32.2. The van der Waals surface area contributed by atoms with Crippen LogP contribution in [0.15, 0.2) is 33.7 Å². The Labute approximate surface area is 169 Å². The lowest BCUT2D eigenvalue weighted by atomic mass is 9.99. The minimum Gasteiger partial charge on any atom is -0.361 e. The summed E-state index contributed by atoms with van der Waals surface area (Å²) in [5, 5.41) is 3.82. The number of aromatic nitrogens is 1. The van der Waals surface area contributed by atoms with Gasteiger partial charge in [0.15, 0.2) is 0 Å². The van der Waals surface area contributed by atoms with Gasteiger partial charge in [-0.15, -0.1) is 0 Å². The second kappa shape index (κ2) is 8.34. The highest BCUT2D eigenvalue weighted by Gasteiger charge is 2.27. The van der Waals surface area contributed by atoms with Crippen molar-refractivity contribution in [2.24, 2.45) is 0 Å². The van der Waals surface area contributed by atoms with Crippen LogP contribution in [-0.4, -0.2) is 42.8 Å². The number of hydrogen-bond acceptors (Lipinski definition) is 6. The summed E-state index contributed by atoms with van der Waals surface area (Å²) >= 11 is 0. The van der Waals surface area contributed by atoms with Gasteiger partial charge in [0.25, 0.3) is 5.91 Å². The van der Waals surface area contributed by atoms with E-state index >= 15 is 0 Å². The molecule has 2 N–H and O–H groups in total. The molecule has 156 valence electrons. The van der Waals surface area contributed by atoms with Crippen LogP contribution >= 0.6 is 0 Å². The maximum atomic E-state index is 12.5. The molecule has 1 atom stereocenters. The molecule has 2 amide bonds. The van der Waals surface area contributed by atoms with Crippen molar-refractivity contribution in [2.75, 3.05) is 13.1 Å². The molecule has 1 unspecified atom stereocenters.